The molecule has 0 saturated heterocycles. The maximum absolute atomic E-state index is 11.8. The van der Waals surface area contributed by atoms with Crippen molar-refractivity contribution < 1.29 is 18.7 Å². The molecule has 2 aromatic heterocycles. The molecule has 0 radical (unpaired) electrons. The van der Waals surface area contributed by atoms with E-state index < -0.39 is 11.9 Å². The summed E-state index contributed by atoms with van der Waals surface area (Å²) in [7, 11) is 0. The Balaban J connectivity index is 1.49. The van der Waals surface area contributed by atoms with Gasteiger partial charge in [-0.1, -0.05) is 24.3 Å². The largest absolute Gasteiger partial charge is 0.467 e. The number of carbonyl (C=O) groups excluding carboxylic acids is 2. The number of pyridine rings is 1. The van der Waals surface area contributed by atoms with Gasteiger partial charge in [0.2, 0.25) is 0 Å². The summed E-state index contributed by atoms with van der Waals surface area (Å²) in [6.45, 7) is 1.42. The molecule has 0 spiro atoms. The first-order valence-corrected chi connectivity index (χ1v) is 8.15. The van der Waals surface area contributed by atoms with Crippen molar-refractivity contribution in [1.29, 1.82) is 0 Å². The first-order chi connectivity index (χ1) is 12.6. The molecule has 3 rings (SSSR count). The van der Waals surface area contributed by atoms with Crippen molar-refractivity contribution in [3.8, 4) is 0 Å². The van der Waals surface area contributed by atoms with E-state index in [1.165, 1.54) is 12.3 Å². The molecule has 0 aliphatic heterocycles. The van der Waals surface area contributed by atoms with Gasteiger partial charge in [0.1, 0.15) is 5.76 Å². The van der Waals surface area contributed by atoms with Gasteiger partial charge in [-0.3, -0.25) is 4.79 Å². The second kappa shape index (κ2) is 8.11. The average Bonchev–Trinajstić information content (AvgIpc) is 3.19. The maximum atomic E-state index is 11.8. The summed E-state index contributed by atoms with van der Waals surface area (Å²) in [6.07, 6.45) is 4.34. The number of aromatic nitrogens is 1. The Bertz CT molecular complexity index is 932. The van der Waals surface area contributed by atoms with E-state index in [0.717, 1.165) is 10.9 Å². The predicted octanol–water partition coefficient (Wildman–Crippen LogP) is 3.26. The number of hydrogen-bond acceptors (Lipinski definition) is 5. The van der Waals surface area contributed by atoms with Crippen LogP contribution in [-0.4, -0.2) is 23.5 Å². The van der Waals surface area contributed by atoms with Gasteiger partial charge in [-0.15, -0.1) is 0 Å². The molecule has 1 N–H and O–H groups in total. The number of para-hydroxylation sites is 1. The van der Waals surface area contributed by atoms with Gasteiger partial charge in [-0.25, -0.2) is 9.78 Å². The predicted molar refractivity (Wildman–Crippen MR) is 97.0 cm³/mol. The lowest BCUT2D eigenvalue weighted by Crippen LogP contribution is -2.30. The summed E-state index contributed by atoms with van der Waals surface area (Å²) in [5.74, 6) is -0.382. The minimum atomic E-state index is -0.610. The normalized spacial score (nSPS) is 12.2. The highest BCUT2D eigenvalue weighted by Gasteiger charge is 2.12. The van der Waals surface area contributed by atoms with Crippen molar-refractivity contribution >= 4 is 28.9 Å². The Kier molecular flexibility index (Phi) is 5.43. The molecule has 1 atom stereocenters. The highest BCUT2D eigenvalue weighted by Crippen LogP contribution is 2.13. The number of nitrogens with zero attached hydrogens (tertiary/aromatic N) is 1. The van der Waals surface area contributed by atoms with Crippen LogP contribution < -0.4 is 5.32 Å². The van der Waals surface area contributed by atoms with E-state index >= 15 is 0 Å². The molecular weight excluding hydrogens is 332 g/mol. The minimum Gasteiger partial charge on any atom is -0.467 e. The van der Waals surface area contributed by atoms with Gasteiger partial charge in [0.25, 0.3) is 5.91 Å². The quantitative estimate of drug-likeness (QED) is 0.545. The standard InChI is InChI=1S/C20H18N2O4/c1-14(18-7-4-12-25-18)21-19(23)13-26-20(24)11-10-16-9-8-15-5-2-3-6-17(15)22-16/h2-12,14H,13H2,1H3,(H,21,23)/b11-10+/t14-/m1/s1. The molecule has 6 nitrogen and oxygen atoms in total. The van der Waals surface area contributed by atoms with E-state index in [1.54, 1.807) is 25.1 Å². The highest BCUT2D eigenvalue weighted by molar-refractivity contribution is 5.89. The monoisotopic (exact) mass is 350 g/mol. The van der Waals surface area contributed by atoms with Crippen LogP contribution in [0.4, 0.5) is 0 Å². The SMILES string of the molecule is C[C@@H](NC(=O)COC(=O)/C=C/c1ccc2ccccc2n1)c1ccco1. The van der Waals surface area contributed by atoms with Crippen molar-refractivity contribution in [3.63, 3.8) is 0 Å². The van der Waals surface area contributed by atoms with E-state index in [0.29, 0.717) is 11.5 Å². The first kappa shape index (κ1) is 17.4. The number of ether oxygens (including phenoxy) is 1. The van der Waals surface area contributed by atoms with Crippen LogP contribution in [0.15, 0.2) is 65.3 Å². The molecule has 0 fully saturated rings. The lowest BCUT2D eigenvalue weighted by molar-refractivity contribution is -0.144. The van der Waals surface area contributed by atoms with E-state index in [9.17, 15) is 9.59 Å². The highest BCUT2D eigenvalue weighted by atomic mass is 16.5. The van der Waals surface area contributed by atoms with E-state index in [1.807, 2.05) is 36.4 Å². The number of nitrogens with one attached hydrogen (secondary N) is 1. The number of amides is 1. The third kappa shape index (κ3) is 4.57. The average molecular weight is 350 g/mol. The van der Waals surface area contributed by atoms with Crippen LogP contribution in [0.1, 0.15) is 24.4 Å². The smallest absolute Gasteiger partial charge is 0.331 e. The molecule has 0 aliphatic rings. The molecule has 3 aromatic rings. The van der Waals surface area contributed by atoms with Crippen LogP contribution in [-0.2, 0) is 14.3 Å². The zero-order chi connectivity index (χ0) is 18.4. The fourth-order valence-corrected chi connectivity index (χ4v) is 2.40. The molecule has 132 valence electrons. The van der Waals surface area contributed by atoms with Crippen molar-refractivity contribution in [2.75, 3.05) is 6.61 Å². The number of esters is 1. The lowest BCUT2D eigenvalue weighted by Gasteiger charge is -2.11. The topological polar surface area (TPSA) is 81.4 Å². The summed E-state index contributed by atoms with van der Waals surface area (Å²) in [4.78, 5) is 28.0. The van der Waals surface area contributed by atoms with E-state index in [4.69, 9.17) is 9.15 Å². The number of fused-ring (bicyclic) bond motifs is 1. The van der Waals surface area contributed by atoms with Gasteiger partial charge in [0.15, 0.2) is 6.61 Å². The van der Waals surface area contributed by atoms with Crippen molar-refractivity contribution in [2.24, 2.45) is 0 Å². The van der Waals surface area contributed by atoms with Gasteiger partial charge in [-0.05, 0) is 37.3 Å². The van der Waals surface area contributed by atoms with Gasteiger partial charge in [0.05, 0.1) is 23.5 Å². The number of benzene rings is 1. The molecule has 6 heteroatoms. The van der Waals surface area contributed by atoms with Crippen LogP contribution >= 0.6 is 0 Å². The number of hydrogen-bond donors (Lipinski definition) is 1. The lowest BCUT2D eigenvalue weighted by atomic mass is 10.2. The summed E-state index contributed by atoms with van der Waals surface area (Å²) >= 11 is 0. The Hall–Kier alpha value is -3.41. The zero-order valence-electron chi connectivity index (χ0n) is 14.2. The first-order valence-electron chi connectivity index (χ1n) is 8.15. The summed E-state index contributed by atoms with van der Waals surface area (Å²) in [5.41, 5.74) is 1.48. The van der Waals surface area contributed by atoms with Crippen molar-refractivity contribution in [3.05, 3.63) is 72.3 Å². The van der Waals surface area contributed by atoms with Crippen LogP contribution in [0.5, 0.6) is 0 Å². The maximum Gasteiger partial charge on any atom is 0.331 e. The Labute approximate surface area is 150 Å². The molecule has 0 unspecified atom stereocenters. The fraction of sp³-hybridized carbons (Fsp3) is 0.150. The van der Waals surface area contributed by atoms with Crippen LogP contribution in [0.3, 0.4) is 0 Å². The molecule has 1 amide bonds. The second-order valence-corrected chi connectivity index (χ2v) is 5.67. The molecule has 0 saturated carbocycles. The third-order valence-electron chi connectivity index (χ3n) is 3.70. The molecule has 1 aromatic carbocycles. The Morgan fingerprint density at radius 3 is 2.85 bits per heavy atom. The Morgan fingerprint density at radius 1 is 1.19 bits per heavy atom. The minimum absolute atomic E-state index is 0.298. The van der Waals surface area contributed by atoms with Crippen LogP contribution in [0.2, 0.25) is 0 Å². The van der Waals surface area contributed by atoms with E-state index in [-0.39, 0.29) is 12.6 Å². The van der Waals surface area contributed by atoms with Gasteiger partial charge in [0, 0.05) is 11.5 Å². The Morgan fingerprint density at radius 2 is 2.04 bits per heavy atom. The molecule has 2 heterocycles. The molecule has 0 aliphatic carbocycles. The van der Waals surface area contributed by atoms with Gasteiger partial charge >= 0.3 is 5.97 Å². The third-order valence-corrected chi connectivity index (χ3v) is 3.70. The molecular formula is C20H18N2O4. The fourth-order valence-electron chi connectivity index (χ4n) is 2.40. The van der Waals surface area contributed by atoms with E-state index in [2.05, 4.69) is 10.3 Å². The zero-order valence-corrected chi connectivity index (χ0v) is 14.2. The van der Waals surface area contributed by atoms with Gasteiger partial charge in [-0.2, -0.15) is 0 Å². The summed E-state index contributed by atoms with van der Waals surface area (Å²) in [5, 5.41) is 3.71. The summed E-state index contributed by atoms with van der Waals surface area (Å²) in [6, 6.07) is 14.6. The van der Waals surface area contributed by atoms with Crippen molar-refractivity contribution in [2.45, 2.75) is 13.0 Å². The number of carbonyl (C=O) groups is 2. The van der Waals surface area contributed by atoms with Crippen molar-refractivity contribution in [1.82, 2.24) is 10.3 Å². The molecule has 26 heavy (non-hydrogen) atoms. The van der Waals surface area contributed by atoms with Crippen LogP contribution in [0.25, 0.3) is 17.0 Å². The number of furan rings is 1. The number of rotatable bonds is 6. The van der Waals surface area contributed by atoms with Crippen LogP contribution in [0, 0.1) is 0 Å². The molecule has 0 bridgehead atoms. The summed E-state index contributed by atoms with van der Waals surface area (Å²) < 4.78 is 10.1. The van der Waals surface area contributed by atoms with Gasteiger partial charge < -0.3 is 14.5 Å². The second-order valence-electron chi connectivity index (χ2n) is 5.67.